The van der Waals surface area contributed by atoms with E-state index in [1.165, 1.54) is 0 Å². The molecule has 3 heteroatoms. The Hall–Kier alpha value is -0.570. The summed E-state index contributed by atoms with van der Waals surface area (Å²) in [6.45, 7) is 5.74. The van der Waals surface area contributed by atoms with Gasteiger partial charge in [-0.1, -0.05) is 29.8 Å². The highest BCUT2D eigenvalue weighted by molar-refractivity contribution is 6.31. The minimum Gasteiger partial charge on any atom is -0.347 e. The maximum absolute atomic E-state index is 6.05. The van der Waals surface area contributed by atoms with Gasteiger partial charge in [-0.05, 0) is 19.9 Å². The molecule has 0 amide bonds. The molecule has 1 aliphatic rings. The Morgan fingerprint density at radius 1 is 1.29 bits per heavy atom. The van der Waals surface area contributed by atoms with Gasteiger partial charge < -0.3 is 9.47 Å². The second kappa shape index (κ2) is 3.89. The third-order valence-electron chi connectivity index (χ3n) is 2.25. The zero-order chi connectivity index (χ0) is 10.1. The van der Waals surface area contributed by atoms with E-state index in [0.29, 0.717) is 5.02 Å². The van der Waals surface area contributed by atoms with Crippen LogP contribution in [-0.2, 0) is 9.47 Å². The van der Waals surface area contributed by atoms with Crippen LogP contribution in [0, 0.1) is 6.92 Å². The highest BCUT2D eigenvalue weighted by Crippen LogP contribution is 2.35. The van der Waals surface area contributed by atoms with E-state index >= 15 is 0 Å². The monoisotopic (exact) mass is 211 g/mol. The third kappa shape index (κ3) is 1.78. The van der Waals surface area contributed by atoms with Crippen molar-refractivity contribution in [2.24, 2.45) is 0 Å². The van der Waals surface area contributed by atoms with Gasteiger partial charge in [-0.3, -0.25) is 0 Å². The molecule has 1 heterocycles. The molecule has 1 unspecified atom stereocenters. The van der Waals surface area contributed by atoms with Gasteiger partial charge in [-0.15, -0.1) is 0 Å². The predicted molar refractivity (Wildman–Crippen MR) is 55.0 cm³/mol. The van der Waals surface area contributed by atoms with Crippen molar-refractivity contribution in [3.8, 4) is 0 Å². The average molecular weight is 212 g/mol. The summed E-state index contributed by atoms with van der Waals surface area (Å²) in [5, 5.41) is 0.698. The first-order chi connectivity index (χ1) is 6.68. The zero-order valence-electron chi connectivity index (χ0n) is 7.94. The Morgan fingerprint density at radius 3 is 2.57 bits per heavy atom. The molecule has 2 nitrogen and oxygen atoms in total. The van der Waals surface area contributed by atoms with Crippen LogP contribution in [0.2, 0.25) is 5.02 Å². The molecule has 1 saturated heterocycles. The zero-order valence-corrected chi connectivity index (χ0v) is 8.70. The maximum atomic E-state index is 6.05. The van der Waals surface area contributed by atoms with Gasteiger partial charge in [0.25, 0.3) is 0 Å². The number of benzene rings is 1. The highest BCUT2D eigenvalue weighted by Gasteiger charge is 2.32. The van der Waals surface area contributed by atoms with Gasteiger partial charge in [0, 0.05) is 10.6 Å². The fourth-order valence-corrected chi connectivity index (χ4v) is 1.87. The first-order valence-corrected chi connectivity index (χ1v) is 4.94. The van der Waals surface area contributed by atoms with E-state index in [1.54, 1.807) is 0 Å². The molecule has 2 rings (SSSR count). The van der Waals surface area contributed by atoms with Crippen LogP contribution in [-0.4, -0.2) is 12.4 Å². The molecule has 75 valence electrons. The van der Waals surface area contributed by atoms with E-state index in [0.717, 1.165) is 5.56 Å². The van der Waals surface area contributed by atoms with Gasteiger partial charge in [0.15, 0.2) is 6.29 Å². The van der Waals surface area contributed by atoms with Crippen LogP contribution in [0.15, 0.2) is 24.3 Å². The lowest BCUT2D eigenvalue weighted by Gasteiger charge is -2.14. The second-order valence-electron chi connectivity index (χ2n) is 3.32. The Kier molecular flexibility index (Phi) is 2.77. The smallest absolute Gasteiger partial charge is 0.156 e. The van der Waals surface area contributed by atoms with Crippen molar-refractivity contribution >= 4 is 11.6 Å². The van der Waals surface area contributed by atoms with Gasteiger partial charge in [-0.2, -0.15) is 0 Å². The van der Waals surface area contributed by atoms with E-state index in [-0.39, 0.29) is 18.5 Å². The summed E-state index contributed by atoms with van der Waals surface area (Å²) >= 11 is 6.05. The summed E-state index contributed by atoms with van der Waals surface area (Å²) in [4.78, 5) is 0. The summed E-state index contributed by atoms with van der Waals surface area (Å²) in [7, 11) is 0. The van der Waals surface area contributed by atoms with Crippen LogP contribution >= 0.6 is 11.6 Å². The molecule has 1 radical (unpaired) electrons. The first kappa shape index (κ1) is 9.97. The summed E-state index contributed by atoms with van der Waals surface area (Å²) in [5.41, 5.74) is 0.943. The normalized spacial score (nSPS) is 32.1. The van der Waals surface area contributed by atoms with Crippen LogP contribution in [0.4, 0.5) is 0 Å². The maximum Gasteiger partial charge on any atom is 0.156 e. The Balaban J connectivity index is 2.27. The predicted octanol–water partition coefficient (Wildman–Crippen LogP) is 2.98. The molecule has 0 bridgehead atoms. The van der Waals surface area contributed by atoms with Crippen molar-refractivity contribution in [3.05, 3.63) is 41.8 Å². The van der Waals surface area contributed by atoms with E-state index < -0.39 is 0 Å². The summed E-state index contributed by atoms with van der Waals surface area (Å²) in [6.07, 6.45) is -0.553. The summed E-state index contributed by atoms with van der Waals surface area (Å²) in [5.74, 6) is 0. The molecular weight excluding hydrogens is 200 g/mol. The van der Waals surface area contributed by atoms with Gasteiger partial charge in [0.05, 0.1) is 6.10 Å². The third-order valence-corrected chi connectivity index (χ3v) is 2.60. The first-order valence-electron chi connectivity index (χ1n) is 4.57. The van der Waals surface area contributed by atoms with Crippen molar-refractivity contribution in [1.29, 1.82) is 0 Å². The highest BCUT2D eigenvalue weighted by atomic mass is 35.5. The standard InChI is InChI=1S/C11H12ClO2/c1-7-11(14-8(2)13-7)9-5-3-4-6-10(9)12/h3-8,11H,1H2,2H3/t7-,8?,11+/m0/s1. The number of halogens is 1. The molecule has 1 fully saturated rings. The average Bonchev–Trinajstić information content (AvgIpc) is 2.46. The van der Waals surface area contributed by atoms with E-state index in [2.05, 4.69) is 6.92 Å². The topological polar surface area (TPSA) is 18.5 Å². The quantitative estimate of drug-likeness (QED) is 0.711. The molecule has 0 spiro atoms. The SMILES string of the molecule is [CH2][C@@H]1OC(C)O[C@H]1c1ccccc1Cl. The molecule has 0 N–H and O–H groups in total. The molecular formula is C11H12ClO2. The Labute approximate surface area is 88.8 Å². The van der Waals surface area contributed by atoms with Crippen molar-refractivity contribution < 1.29 is 9.47 Å². The Morgan fingerprint density at radius 2 is 2.00 bits per heavy atom. The molecule has 1 aromatic rings. The Bertz CT molecular complexity index is 327. The fraction of sp³-hybridized carbons (Fsp3) is 0.364. The van der Waals surface area contributed by atoms with Crippen LogP contribution in [0.25, 0.3) is 0 Å². The van der Waals surface area contributed by atoms with Crippen LogP contribution in [0.3, 0.4) is 0 Å². The van der Waals surface area contributed by atoms with Crippen molar-refractivity contribution in [3.63, 3.8) is 0 Å². The molecule has 1 aromatic carbocycles. The molecule has 14 heavy (non-hydrogen) atoms. The number of rotatable bonds is 1. The summed E-state index contributed by atoms with van der Waals surface area (Å²) < 4.78 is 11.0. The van der Waals surface area contributed by atoms with E-state index in [1.807, 2.05) is 31.2 Å². The lowest BCUT2D eigenvalue weighted by Crippen LogP contribution is -2.10. The van der Waals surface area contributed by atoms with Crippen LogP contribution in [0.1, 0.15) is 18.6 Å². The van der Waals surface area contributed by atoms with Crippen molar-refractivity contribution in [1.82, 2.24) is 0 Å². The number of ether oxygens (including phenoxy) is 2. The molecule has 0 saturated carbocycles. The molecule has 0 aliphatic carbocycles. The minimum absolute atomic E-state index is 0.154. The fourth-order valence-electron chi connectivity index (χ4n) is 1.62. The molecule has 0 aromatic heterocycles. The lowest BCUT2D eigenvalue weighted by molar-refractivity contribution is -0.0474. The van der Waals surface area contributed by atoms with Crippen molar-refractivity contribution in [2.45, 2.75) is 25.4 Å². The second-order valence-corrected chi connectivity index (χ2v) is 3.73. The lowest BCUT2D eigenvalue weighted by atomic mass is 10.1. The summed E-state index contributed by atoms with van der Waals surface area (Å²) in [6, 6.07) is 7.60. The van der Waals surface area contributed by atoms with Crippen molar-refractivity contribution in [2.75, 3.05) is 0 Å². The number of hydrogen-bond acceptors (Lipinski definition) is 2. The molecule has 1 aliphatic heterocycles. The van der Waals surface area contributed by atoms with Crippen LogP contribution in [0.5, 0.6) is 0 Å². The van der Waals surface area contributed by atoms with Gasteiger partial charge in [0.1, 0.15) is 6.10 Å². The van der Waals surface area contributed by atoms with Gasteiger partial charge >= 0.3 is 0 Å². The number of hydrogen-bond donors (Lipinski definition) is 0. The van der Waals surface area contributed by atoms with E-state index in [4.69, 9.17) is 21.1 Å². The molecule has 3 atom stereocenters. The van der Waals surface area contributed by atoms with Gasteiger partial charge in [-0.25, -0.2) is 0 Å². The van der Waals surface area contributed by atoms with Crippen LogP contribution < -0.4 is 0 Å². The largest absolute Gasteiger partial charge is 0.347 e. The van der Waals surface area contributed by atoms with Gasteiger partial charge in [0.2, 0.25) is 0 Å². The van der Waals surface area contributed by atoms with E-state index in [9.17, 15) is 0 Å². The minimum atomic E-state index is -0.209.